The zero-order valence-corrected chi connectivity index (χ0v) is 12.4. The zero-order valence-electron chi connectivity index (χ0n) is 12.4. The standard InChI is InChI=1S/C13H12F3N3O6/c14-13(15,16)10(23)25-4-6-3-12(5-17,9(22)8(6)21)19-2-1-7(20)18-11(19)24/h1-2,6,8-9,21-22H,3-4H2,(H,18,20,24)/t6-,8?,9?,12+/m1/s1. The monoisotopic (exact) mass is 363 g/mol. The molecule has 1 saturated carbocycles. The van der Waals surface area contributed by atoms with Crippen molar-refractivity contribution in [1.82, 2.24) is 9.55 Å². The van der Waals surface area contributed by atoms with Crippen LogP contribution in [0.3, 0.4) is 0 Å². The molecule has 0 saturated heterocycles. The summed E-state index contributed by atoms with van der Waals surface area (Å²) < 4.78 is 41.2. The van der Waals surface area contributed by atoms with E-state index in [2.05, 4.69) is 4.74 Å². The van der Waals surface area contributed by atoms with Gasteiger partial charge in [0.2, 0.25) is 0 Å². The highest BCUT2D eigenvalue weighted by molar-refractivity contribution is 5.75. The van der Waals surface area contributed by atoms with Crippen molar-refractivity contribution in [1.29, 1.82) is 5.26 Å². The lowest BCUT2D eigenvalue weighted by atomic mass is 9.95. The summed E-state index contributed by atoms with van der Waals surface area (Å²) in [6.07, 6.45) is -8.40. The second-order valence-corrected chi connectivity index (χ2v) is 5.51. The molecule has 25 heavy (non-hydrogen) atoms. The Kier molecular flexibility index (Phi) is 4.74. The number of ether oxygens (including phenoxy) is 1. The van der Waals surface area contributed by atoms with Crippen LogP contribution in [0.15, 0.2) is 21.9 Å². The SMILES string of the molecule is N#C[C@@]1(n2ccc(=O)[nH]c2=O)C[C@H](COC(=O)C(F)(F)F)C(O)C1O. The molecule has 1 fully saturated rings. The van der Waals surface area contributed by atoms with Gasteiger partial charge in [0.1, 0.15) is 6.10 Å². The molecule has 0 spiro atoms. The van der Waals surface area contributed by atoms with Crippen LogP contribution < -0.4 is 11.2 Å². The molecule has 136 valence electrons. The third-order valence-electron chi connectivity index (χ3n) is 3.98. The lowest BCUT2D eigenvalue weighted by Crippen LogP contribution is -2.49. The molecular weight excluding hydrogens is 351 g/mol. The number of hydrogen-bond donors (Lipinski definition) is 3. The number of esters is 1. The van der Waals surface area contributed by atoms with E-state index < -0.39 is 60.1 Å². The van der Waals surface area contributed by atoms with Gasteiger partial charge in [-0.3, -0.25) is 14.3 Å². The predicted octanol–water partition coefficient (Wildman–Crippen LogP) is -1.40. The molecule has 4 atom stereocenters. The Bertz CT molecular complexity index is 826. The van der Waals surface area contributed by atoms with E-state index in [9.17, 15) is 43.0 Å². The molecular formula is C13H12F3N3O6. The van der Waals surface area contributed by atoms with Gasteiger partial charge in [-0.1, -0.05) is 0 Å². The van der Waals surface area contributed by atoms with Gasteiger partial charge in [0, 0.05) is 18.2 Å². The summed E-state index contributed by atoms with van der Waals surface area (Å²) >= 11 is 0. The zero-order chi connectivity index (χ0) is 19.0. The van der Waals surface area contributed by atoms with E-state index >= 15 is 0 Å². The first-order valence-electron chi connectivity index (χ1n) is 6.86. The number of hydrogen-bond acceptors (Lipinski definition) is 7. The first kappa shape index (κ1) is 18.7. The van der Waals surface area contributed by atoms with E-state index in [1.807, 2.05) is 4.98 Å². The largest absolute Gasteiger partial charge is 0.490 e. The van der Waals surface area contributed by atoms with Gasteiger partial charge in [0.05, 0.1) is 18.8 Å². The Hall–Kier alpha value is -2.65. The number of aromatic nitrogens is 2. The normalized spacial score (nSPS) is 29.2. The number of nitrogens with one attached hydrogen (secondary N) is 1. The van der Waals surface area contributed by atoms with Crippen LogP contribution in [0.1, 0.15) is 6.42 Å². The van der Waals surface area contributed by atoms with Crippen LogP contribution in [-0.4, -0.2) is 50.7 Å². The van der Waals surface area contributed by atoms with Crippen molar-refractivity contribution in [3.63, 3.8) is 0 Å². The molecule has 0 amide bonds. The third kappa shape index (κ3) is 3.28. The number of halogens is 3. The van der Waals surface area contributed by atoms with Crippen LogP contribution in [-0.2, 0) is 15.1 Å². The number of aliphatic hydroxyl groups is 2. The Morgan fingerprint density at radius 2 is 2.12 bits per heavy atom. The second-order valence-electron chi connectivity index (χ2n) is 5.51. The van der Waals surface area contributed by atoms with Gasteiger partial charge in [-0.2, -0.15) is 18.4 Å². The van der Waals surface area contributed by atoms with Crippen molar-refractivity contribution >= 4 is 5.97 Å². The van der Waals surface area contributed by atoms with Crippen molar-refractivity contribution in [3.05, 3.63) is 33.1 Å². The minimum Gasteiger partial charge on any atom is -0.459 e. The summed E-state index contributed by atoms with van der Waals surface area (Å²) in [5.41, 5.74) is -3.86. The van der Waals surface area contributed by atoms with Gasteiger partial charge in [-0.25, -0.2) is 9.59 Å². The number of aliphatic hydroxyl groups excluding tert-OH is 2. The third-order valence-corrected chi connectivity index (χ3v) is 3.98. The maximum atomic E-state index is 12.2. The minimum absolute atomic E-state index is 0.483. The van der Waals surface area contributed by atoms with Crippen LogP contribution >= 0.6 is 0 Å². The maximum absolute atomic E-state index is 12.2. The van der Waals surface area contributed by atoms with Gasteiger partial charge in [0.25, 0.3) is 5.56 Å². The molecule has 1 aromatic rings. The molecule has 3 N–H and O–H groups in total. The van der Waals surface area contributed by atoms with Gasteiger partial charge in [0.15, 0.2) is 5.54 Å². The molecule has 12 heteroatoms. The minimum atomic E-state index is -5.23. The molecule has 0 aliphatic heterocycles. The molecule has 0 aromatic carbocycles. The summed E-state index contributed by atoms with van der Waals surface area (Å²) in [5.74, 6) is -3.72. The summed E-state index contributed by atoms with van der Waals surface area (Å²) in [5, 5.41) is 29.6. The van der Waals surface area contributed by atoms with Crippen LogP contribution in [0.4, 0.5) is 13.2 Å². The Morgan fingerprint density at radius 3 is 2.64 bits per heavy atom. The van der Waals surface area contributed by atoms with Gasteiger partial charge in [-0.05, 0) is 6.42 Å². The van der Waals surface area contributed by atoms with Crippen LogP contribution in [0.2, 0.25) is 0 Å². The fraction of sp³-hybridized carbons (Fsp3) is 0.538. The summed E-state index contributed by atoms with van der Waals surface area (Å²) in [4.78, 5) is 35.6. The average molecular weight is 363 g/mol. The van der Waals surface area contributed by atoms with Gasteiger partial charge < -0.3 is 14.9 Å². The molecule has 1 aliphatic rings. The smallest absolute Gasteiger partial charge is 0.459 e. The Labute approximate surface area is 136 Å². The number of carbonyl (C=O) groups excluding carboxylic acids is 1. The van der Waals surface area contributed by atoms with Gasteiger partial charge >= 0.3 is 17.8 Å². The predicted molar refractivity (Wildman–Crippen MR) is 72.0 cm³/mol. The van der Waals surface area contributed by atoms with E-state index in [4.69, 9.17) is 0 Å². The maximum Gasteiger partial charge on any atom is 0.490 e. The number of nitrogens with zero attached hydrogens (tertiary/aromatic N) is 2. The molecule has 2 rings (SSSR count). The summed E-state index contributed by atoms with van der Waals surface area (Å²) in [6.45, 7) is -0.919. The van der Waals surface area contributed by atoms with E-state index in [-0.39, 0.29) is 0 Å². The highest BCUT2D eigenvalue weighted by Gasteiger charge is 2.56. The fourth-order valence-electron chi connectivity index (χ4n) is 2.74. The van der Waals surface area contributed by atoms with E-state index in [0.717, 1.165) is 12.3 Å². The first-order valence-corrected chi connectivity index (χ1v) is 6.86. The average Bonchev–Trinajstić information content (AvgIpc) is 2.77. The molecule has 0 radical (unpaired) electrons. The number of aromatic amines is 1. The topological polar surface area (TPSA) is 145 Å². The molecule has 1 aliphatic carbocycles. The van der Waals surface area contributed by atoms with Crippen molar-refractivity contribution in [2.24, 2.45) is 5.92 Å². The van der Waals surface area contributed by atoms with Crippen LogP contribution in [0.5, 0.6) is 0 Å². The van der Waals surface area contributed by atoms with E-state index in [0.29, 0.717) is 4.57 Å². The van der Waals surface area contributed by atoms with Crippen LogP contribution in [0, 0.1) is 17.2 Å². The number of rotatable bonds is 3. The highest BCUT2D eigenvalue weighted by atomic mass is 19.4. The lowest BCUT2D eigenvalue weighted by Gasteiger charge is -2.27. The van der Waals surface area contributed by atoms with Crippen molar-refractivity contribution < 1.29 is 32.9 Å². The van der Waals surface area contributed by atoms with E-state index in [1.54, 1.807) is 6.07 Å². The van der Waals surface area contributed by atoms with Crippen LogP contribution in [0.25, 0.3) is 0 Å². The quantitative estimate of drug-likeness (QED) is 0.560. The molecule has 9 nitrogen and oxygen atoms in total. The van der Waals surface area contributed by atoms with Crippen molar-refractivity contribution in [2.75, 3.05) is 6.61 Å². The Balaban J connectivity index is 2.30. The van der Waals surface area contributed by atoms with Crippen molar-refractivity contribution in [2.45, 2.75) is 30.3 Å². The number of alkyl halides is 3. The number of nitriles is 1. The number of H-pyrrole nitrogens is 1. The van der Waals surface area contributed by atoms with E-state index in [1.165, 1.54) is 0 Å². The Morgan fingerprint density at radius 1 is 1.48 bits per heavy atom. The molecule has 2 unspecified atom stereocenters. The molecule has 1 aromatic heterocycles. The summed E-state index contributed by atoms with van der Waals surface area (Å²) in [6, 6.07) is 2.55. The molecule has 1 heterocycles. The molecule has 0 bridgehead atoms. The highest BCUT2D eigenvalue weighted by Crippen LogP contribution is 2.40. The summed E-state index contributed by atoms with van der Waals surface area (Å²) in [7, 11) is 0. The fourth-order valence-corrected chi connectivity index (χ4v) is 2.74. The van der Waals surface area contributed by atoms with Crippen molar-refractivity contribution in [3.8, 4) is 6.07 Å². The second kappa shape index (κ2) is 6.34. The first-order chi connectivity index (χ1) is 11.5. The van der Waals surface area contributed by atoms with Gasteiger partial charge in [-0.15, -0.1) is 0 Å². The number of carbonyl (C=O) groups is 1. The lowest BCUT2D eigenvalue weighted by molar-refractivity contribution is -0.201.